The third kappa shape index (κ3) is 4.43. The van der Waals surface area contributed by atoms with E-state index in [1.165, 1.54) is 5.56 Å². The zero-order valence-corrected chi connectivity index (χ0v) is 16.8. The summed E-state index contributed by atoms with van der Waals surface area (Å²) in [6.07, 6.45) is 0.953. The minimum absolute atomic E-state index is 0.0361. The monoisotopic (exact) mass is 372 g/mol. The minimum atomic E-state index is -0.126. The Morgan fingerprint density at radius 2 is 2.04 bits per heavy atom. The number of rotatable bonds is 4. The number of likely N-dealkylation sites (N-methyl/N-ethyl adjacent to an activating group) is 1. The van der Waals surface area contributed by atoms with Crippen LogP contribution in [0.25, 0.3) is 0 Å². The van der Waals surface area contributed by atoms with E-state index in [0.29, 0.717) is 6.54 Å². The first kappa shape index (κ1) is 18.9. The van der Waals surface area contributed by atoms with Gasteiger partial charge in [-0.15, -0.1) is 11.3 Å². The predicted octanol–water partition coefficient (Wildman–Crippen LogP) is 3.69. The van der Waals surface area contributed by atoms with Crippen molar-refractivity contribution in [3.05, 3.63) is 52.0 Å². The smallest absolute Gasteiger partial charge is 0.315 e. The van der Waals surface area contributed by atoms with E-state index in [1.54, 1.807) is 11.3 Å². The molecule has 2 amide bonds. The molecule has 2 aromatic rings. The van der Waals surface area contributed by atoms with Crippen LogP contribution in [0.4, 0.5) is 4.79 Å². The standard InChI is InChI=1S/C20H28N4OS/c1-20(2,3)16-13-26-17(23-16)12-21-19(25)22-15-10-11-24(4)18(15)14-8-6-5-7-9-14/h5-9,13,15,18H,10-12H2,1-4H3,(H2,21,22,25)/t15-,18+/m0/s1. The maximum atomic E-state index is 12.4. The number of urea groups is 1. The maximum Gasteiger partial charge on any atom is 0.315 e. The van der Waals surface area contributed by atoms with Crippen molar-refractivity contribution in [3.63, 3.8) is 0 Å². The molecule has 1 aromatic carbocycles. The number of carbonyl (C=O) groups excluding carboxylic acids is 1. The van der Waals surface area contributed by atoms with Gasteiger partial charge in [0.2, 0.25) is 0 Å². The molecular formula is C20H28N4OS. The van der Waals surface area contributed by atoms with Crippen LogP contribution in [-0.4, -0.2) is 35.5 Å². The molecule has 1 aliphatic rings. The molecule has 6 heteroatoms. The molecule has 0 bridgehead atoms. The van der Waals surface area contributed by atoms with Crippen molar-refractivity contribution in [2.45, 2.75) is 51.2 Å². The molecule has 3 rings (SSSR count). The van der Waals surface area contributed by atoms with Gasteiger partial charge in [-0.1, -0.05) is 51.1 Å². The average molecular weight is 373 g/mol. The second-order valence-electron chi connectivity index (χ2n) is 7.93. The molecule has 0 spiro atoms. The predicted molar refractivity (Wildman–Crippen MR) is 106 cm³/mol. The lowest BCUT2D eigenvalue weighted by atomic mass is 9.93. The highest BCUT2D eigenvalue weighted by atomic mass is 32.1. The van der Waals surface area contributed by atoms with E-state index in [2.05, 4.69) is 65.8 Å². The Balaban J connectivity index is 1.57. The van der Waals surface area contributed by atoms with E-state index in [0.717, 1.165) is 23.7 Å². The highest BCUT2D eigenvalue weighted by Gasteiger charge is 2.33. The fraction of sp³-hybridized carbons (Fsp3) is 0.500. The zero-order valence-electron chi connectivity index (χ0n) is 16.0. The third-order valence-corrected chi connectivity index (χ3v) is 5.68. The molecule has 140 valence electrons. The molecule has 5 nitrogen and oxygen atoms in total. The molecule has 1 fully saturated rings. The summed E-state index contributed by atoms with van der Waals surface area (Å²) in [5.74, 6) is 0. The fourth-order valence-corrected chi connectivity index (χ4v) is 4.31. The van der Waals surface area contributed by atoms with Gasteiger partial charge >= 0.3 is 6.03 Å². The number of nitrogens with zero attached hydrogens (tertiary/aromatic N) is 2. The van der Waals surface area contributed by atoms with Gasteiger partial charge in [0.25, 0.3) is 0 Å². The van der Waals surface area contributed by atoms with Crippen molar-refractivity contribution in [1.29, 1.82) is 0 Å². The summed E-state index contributed by atoms with van der Waals surface area (Å²) in [6, 6.07) is 10.6. The van der Waals surface area contributed by atoms with Gasteiger partial charge in [-0.3, -0.25) is 4.90 Å². The molecule has 0 saturated carbocycles. The Morgan fingerprint density at radius 3 is 2.69 bits per heavy atom. The number of hydrogen-bond acceptors (Lipinski definition) is 4. The molecule has 1 saturated heterocycles. The first-order valence-electron chi connectivity index (χ1n) is 9.09. The molecule has 2 N–H and O–H groups in total. The summed E-state index contributed by atoms with van der Waals surface area (Å²) in [5, 5.41) is 9.12. The number of hydrogen-bond donors (Lipinski definition) is 2. The van der Waals surface area contributed by atoms with E-state index in [4.69, 9.17) is 0 Å². The van der Waals surface area contributed by atoms with Gasteiger partial charge in [0.15, 0.2) is 0 Å². The Morgan fingerprint density at radius 1 is 1.31 bits per heavy atom. The number of thiazole rings is 1. The van der Waals surface area contributed by atoms with Crippen LogP contribution in [0.15, 0.2) is 35.7 Å². The molecule has 1 aliphatic heterocycles. The van der Waals surface area contributed by atoms with Crippen LogP contribution < -0.4 is 10.6 Å². The number of carbonyl (C=O) groups is 1. The van der Waals surface area contributed by atoms with Gasteiger partial charge in [-0.05, 0) is 19.0 Å². The lowest BCUT2D eigenvalue weighted by Gasteiger charge is -2.26. The quantitative estimate of drug-likeness (QED) is 0.861. The number of amides is 2. The molecular weight excluding hydrogens is 344 g/mol. The topological polar surface area (TPSA) is 57.3 Å². The Kier molecular flexibility index (Phi) is 5.63. The summed E-state index contributed by atoms with van der Waals surface area (Å²) in [7, 11) is 2.11. The van der Waals surface area contributed by atoms with Crippen molar-refractivity contribution in [1.82, 2.24) is 20.5 Å². The number of benzene rings is 1. The zero-order chi connectivity index (χ0) is 18.7. The normalized spacial score (nSPS) is 20.9. The minimum Gasteiger partial charge on any atom is -0.333 e. The van der Waals surface area contributed by atoms with E-state index in [9.17, 15) is 4.79 Å². The molecule has 0 unspecified atom stereocenters. The Bertz CT molecular complexity index is 738. The van der Waals surface area contributed by atoms with Crippen LogP contribution in [0.1, 0.15) is 49.5 Å². The largest absolute Gasteiger partial charge is 0.333 e. The van der Waals surface area contributed by atoms with Crippen LogP contribution in [0.3, 0.4) is 0 Å². The summed E-state index contributed by atoms with van der Waals surface area (Å²) in [4.78, 5) is 19.3. The van der Waals surface area contributed by atoms with Crippen molar-refractivity contribution >= 4 is 17.4 Å². The van der Waals surface area contributed by atoms with Crippen LogP contribution in [-0.2, 0) is 12.0 Å². The van der Waals surface area contributed by atoms with Gasteiger partial charge in [-0.2, -0.15) is 0 Å². The molecule has 1 aromatic heterocycles. The summed E-state index contributed by atoms with van der Waals surface area (Å²) in [6.45, 7) is 7.88. The van der Waals surface area contributed by atoms with Gasteiger partial charge in [0.05, 0.1) is 24.3 Å². The first-order chi connectivity index (χ1) is 12.3. The van der Waals surface area contributed by atoms with Crippen LogP contribution in [0, 0.1) is 0 Å². The van der Waals surface area contributed by atoms with Gasteiger partial charge < -0.3 is 10.6 Å². The van der Waals surface area contributed by atoms with E-state index in [-0.39, 0.29) is 23.5 Å². The van der Waals surface area contributed by atoms with Crippen LogP contribution >= 0.6 is 11.3 Å². The van der Waals surface area contributed by atoms with Crippen molar-refractivity contribution in [2.24, 2.45) is 0 Å². The van der Waals surface area contributed by atoms with E-state index < -0.39 is 0 Å². The molecule has 26 heavy (non-hydrogen) atoms. The lowest BCUT2D eigenvalue weighted by molar-refractivity contribution is 0.229. The van der Waals surface area contributed by atoms with Crippen molar-refractivity contribution in [3.8, 4) is 0 Å². The third-order valence-electron chi connectivity index (χ3n) is 4.83. The fourth-order valence-electron chi connectivity index (χ4n) is 3.35. The summed E-state index contributed by atoms with van der Waals surface area (Å²) >= 11 is 1.60. The van der Waals surface area contributed by atoms with Crippen LogP contribution in [0.2, 0.25) is 0 Å². The molecule has 0 radical (unpaired) electrons. The second-order valence-corrected chi connectivity index (χ2v) is 8.88. The van der Waals surface area contributed by atoms with Crippen LogP contribution in [0.5, 0.6) is 0 Å². The van der Waals surface area contributed by atoms with Gasteiger partial charge in [0.1, 0.15) is 5.01 Å². The Hall–Kier alpha value is -1.92. The highest BCUT2D eigenvalue weighted by Crippen LogP contribution is 2.30. The highest BCUT2D eigenvalue weighted by molar-refractivity contribution is 7.09. The summed E-state index contributed by atoms with van der Waals surface area (Å²) in [5.41, 5.74) is 2.35. The van der Waals surface area contributed by atoms with Gasteiger partial charge in [-0.25, -0.2) is 9.78 Å². The lowest BCUT2D eigenvalue weighted by Crippen LogP contribution is -2.44. The second kappa shape index (κ2) is 7.76. The average Bonchev–Trinajstić information content (AvgIpc) is 3.21. The SMILES string of the molecule is CN1CC[C@H](NC(=O)NCc2nc(C(C)(C)C)cs2)[C@H]1c1ccccc1. The first-order valence-corrected chi connectivity index (χ1v) is 9.97. The number of aromatic nitrogens is 1. The molecule has 2 heterocycles. The maximum absolute atomic E-state index is 12.4. The molecule has 2 atom stereocenters. The van der Waals surface area contributed by atoms with Gasteiger partial charge in [0, 0.05) is 17.3 Å². The van der Waals surface area contributed by atoms with Crippen molar-refractivity contribution in [2.75, 3.05) is 13.6 Å². The number of likely N-dealkylation sites (tertiary alicyclic amines) is 1. The summed E-state index contributed by atoms with van der Waals surface area (Å²) < 4.78 is 0. The Labute approximate surface area is 159 Å². The van der Waals surface area contributed by atoms with E-state index in [1.807, 2.05) is 18.2 Å². The number of nitrogens with one attached hydrogen (secondary N) is 2. The molecule has 0 aliphatic carbocycles. The van der Waals surface area contributed by atoms with Crippen molar-refractivity contribution < 1.29 is 4.79 Å². The van der Waals surface area contributed by atoms with E-state index >= 15 is 0 Å².